The second-order valence-electron chi connectivity index (χ2n) is 3.06. The summed E-state index contributed by atoms with van der Waals surface area (Å²) in [5.41, 5.74) is 0.184. The van der Waals surface area contributed by atoms with Crippen molar-refractivity contribution in [2.45, 2.75) is 13.1 Å². The van der Waals surface area contributed by atoms with Crippen LogP contribution >= 0.6 is 0 Å². The molecule has 0 aromatic rings. The summed E-state index contributed by atoms with van der Waals surface area (Å²) in [6, 6.07) is 0. The van der Waals surface area contributed by atoms with Crippen molar-refractivity contribution >= 4 is 5.97 Å². The summed E-state index contributed by atoms with van der Waals surface area (Å²) in [5, 5.41) is 11.2. The topological polar surface area (TPSA) is 58.6 Å². The quantitative estimate of drug-likeness (QED) is 0.519. The van der Waals surface area contributed by atoms with Gasteiger partial charge in [0.05, 0.1) is 6.61 Å². The maximum Gasteiger partial charge on any atom is 0.411 e. The Kier molecular flexibility index (Phi) is 6.75. The Morgan fingerprint density at radius 3 is 2.62 bits per heavy atom. The average Bonchev–Trinajstić information content (AvgIpc) is 2.14. The van der Waals surface area contributed by atoms with E-state index < -0.39 is 18.8 Å². The van der Waals surface area contributed by atoms with Gasteiger partial charge in [-0.1, -0.05) is 6.08 Å². The molecule has 94 valence electrons. The number of carbonyl (C=O) groups is 1. The molecule has 0 atom stereocenters. The van der Waals surface area contributed by atoms with Crippen LogP contribution < -0.4 is 5.32 Å². The van der Waals surface area contributed by atoms with Crippen LogP contribution in [0.3, 0.4) is 0 Å². The number of halogens is 3. The number of rotatable bonds is 7. The van der Waals surface area contributed by atoms with Crippen molar-refractivity contribution in [3.63, 3.8) is 0 Å². The zero-order chi connectivity index (χ0) is 12.6. The van der Waals surface area contributed by atoms with Gasteiger partial charge in [-0.25, -0.2) is 4.79 Å². The maximum atomic E-state index is 11.6. The summed E-state index contributed by atoms with van der Waals surface area (Å²) < 4.78 is 39.1. The van der Waals surface area contributed by atoms with E-state index in [4.69, 9.17) is 5.11 Å². The molecule has 0 bridgehead atoms. The highest BCUT2D eigenvalue weighted by molar-refractivity contribution is 5.85. The maximum absolute atomic E-state index is 11.6. The normalized spacial score (nSPS) is 12.9. The van der Waals surface area contributed by atoms with Crippen molar-refractivity contribution in [3.8, 4) is 0 Å². The third-order valence-corrected chi connectivity index (χ3v) is 1.58. The summed E-state index contributed by atoms with van der Waals surface area (Å²) >= 11 is 0. The van der Waals surface area contributed by atoms with Crippen molar-refractivity contribution in [1.82, 2.24) is 5.32 Å². The molecule has 0 aromatic carbocycles. The van der Waals surface area contributed by atoms with Gasteiger partial charge in [0.25, 0.3) is 0 Å². The van der Waals surface area contributed by atoms with Crippen LogP contribution in [0.25, 0.3) is 0 Å². The molecule has 0 aliphatic heterocycles. The lowest BCUT2D eigenvalue weighted by molar-refractivity contribution is -0.173. The molecule has 2 N–H and O–H groups in total. The van der Waals surface area contributed by atoms with Crippen LogP contribution in [0.5, 0.6) is 0 Å². The van der Waals surface area contributed by atoms with E-state index in [1.165, 1.54) is 13.0 Å². The van der Waals surface area contributed by atoms with Crippen LogP contribution in [0.4, 0.5) is 13.2 Å². The largest absolute Gasteiger partial charge is 0.478 e. The Morgan fingerprint density at radius 2 is 2.12 bits per heavy atom. The fourth-order valence-electron chi connectivity index (χ4n) is 0.747. The van der Waals surface area contributed by atoms with Crippen molar-refractivity contribution in [2.24, 2.45) is 0 Å². The predicted octanol–water partition coefficient (Wildman–Crippen LogP) is 1.19. The third-order valence-electron chi connectivity index (χ3n) is 1.58. The molecule has 0 saturated carbocycles. The summed E-state index contributed by atoms with van der Waals surface area (Å²) in [7, 11) is 0. The van der Waals surface area contributed by atoms with Gasteiger partial charge in [-0.3, -0.25) is 0 Å². The van der Waals surface area contributed by atoms with E-state index in [2.05, 4.69) is 10.1 Å². The monoisotopic (exact) mass is 241 g/mol. The molecule has 0 amide bonds. The van der Waals surface area contributed by atoms with Gasteiger partial charge in [-0.15, -0.1) is 0 Å². The Bertz CT molecular complexity index is 251. The van der Waals surface area contributed by atoms with Gasteiger partial charge in [-0.2, -0.15) is 13.2 Å². The average molecular weight is 241 g/mol. The Balaban J connectivity index is 3.42. The van der Waals surface area contributed by atoms with Crippen molar-refractivity contribution in [2.75, 3.05) is 26.3 Å². The minimum atomic E-state index is -4.31. The summed E-state index contributed by atoms with van der Waals surface area (Å²) in [6.45, 7) is 0.620. The first kappa shape index (κ1) is 14.9. The Hall–Kier alpha value is -1.08. The summed E-state index contributed by atoms with van der Waals surface area (Å²) in [4.78, 5) is 10.3. The van der Waals surface area contributed by atoms with Crippen LogP contribution in [-0.2, 0) is 9.53 Å². The molecule has 7 heteroatoms. The lowest BCUT2D eigenvalue weighted by Crippen LogP contribution is -2.24. The highest BCUT2D eigenvalue weighted by Crippen LogP contribution is 2.13. The van der Waals surface area contributed by atoms with E-state index in [0.29, 0.717) is 0 Å². The van der Waals surface area contributed by atoms with E-state index in [1.54, 1.807) is 0 Å². The molecule has 0 aromatic heterocycles. The van der Waals surface area contributed by atoms with E-state index in [-0.39, 0.29) is 25.3 Å². The number of nitrogens with one attached hydrogen (secondary N) is 1. The molecule has 0 rings (SSSR count). The van der Waals surface area contributed by atoms with Crippen LogP contribution in [0.15, 0.2) is 11.6 Å². The first-order valence-electron chi connectivity index (χ1n) is 4.58. The molecule has 4 nitrogen and oxygen atoms in total. The van der Waals surface area contributed by atoms with Crippen molar-refractivity contribution in [1.29, 1.82) is 0 Å². The van der Waals surface area contributed by atoms with E-state index in [1.807, 2.05) is 0 Å². The van der Waals surface area contributed by atoms with Crippen LogP contribution in [0, 0.1) is 0 Å². The number of aliphatic carboxylic acids is 1. The Morgan fingerprint density at radius 1 is 1.50 bits per heavy atom. The number of carboxylic acids is 1. The highest BCUT2D eigenvalue weighted by Gasteiger charge is 2.27. The van der Waals surface area contributed by atoms with Gasteiger partial charge in [-0.05, 0) is 6.92 Å². The van der Waals surface area contributed by atoms with E-state index >= 15 is 0 Å². The molecule has 0 saturated heterocycles. The third kappa shape index (κ3) is 9.47. The van der Waals surface area contributed by atoms with Gasteiger partial charge < -0.3 is 15.2 Å². The fraction of sp³-hybridized carbons (Fsp3) is 0.667. The number of hydrogen-bond acceptors (Lipinski definition) is 3. The second kappa shape index (κ2) is 7.24. The summed E-state index contributed by atoms with van der Waals surface area (Å²) in [6.07, 6.45) is -2.87. The smallest absolute Gasteiger partial charge is 0.411 e. The molecule has 0 unspecified atom stereocenters. The van der Waals surface area contributed by atoms with Gasteiger partial charge >= 0.3 is 12.1 Å². The molecule has 0 aliphatic carbocycles. The number of ether oxygens (including phenoxy) is 1. The van der Waals surface area contributed by atoms with Gasteiger partial charge in [0.15, 0.2) is 0 Å². The molecule has 0 fully saturated rings. The molecule has 0 aliphatic rings. The van der Waals surface area contributed by atoms with Crippen LogP contribution in [0.2, 0.25) is 0 Å². The molecule has 0 radical (unpaired) electrons. The molecule has 0 spiro atoms. The first-order valence-corrected chi connectivity index (χ1v) is 4.58. The predicted molar refractivity (Wildman–Crippen MR) is 51.1 cm³/mol. The van der Waals surface area contributed by atoms with Gasteiger partial charge in [0.2, 0.25) is 0 Å². The standard InChI is InChI=1S/C9H14F3NO3/c1-7(8(14)15)2-3-13-4-5-16-6-9(10,11)12/h2,13H,3-6H2,1H3,(H,14,15). The van der Waals surface area contributed by atoms with Gasteiger partial charge in [0, 0.05) is 18.7 Å². The summed E-state index contributed by atoms with van der Waals surface area (Å²) in [5.74, 6) is -1.02. The SMILES string of the molecule is CC(=CCNCCOCC(F)(F)F)C(=O)O. The minimum absolute atomic E-state index is 0.0700. The second-order valence-corrected chi connectivity index (χ2v) is 3.06. The zero-order valence-corrected chi connectivity index (χ0v) is 8.80. The van der Waals surface area contributed by atoms with Crippen LogP contribution in [-0.4, -0.2) is 43.6 Å². The zero-order valence-electron chi connectivity index (χ0n) is 8.80. The highest BCUT2D eigenvalue weighted by atomic mass is 19.4. The lowest BCUT2D eigenvalue weighted by Gasteiger charge is -2.07. The number of hydrogen-bond donors (Lipinski definition) is 2. The molecular formula is C9H14F3NO3. The number of carboxylic acid groups (broad SMARTS) is 1. The minimum Gasteiger partial charge on any atom is -0.478 e. The molecule has 16 heavy (non-hydrogen) atoms. The van der Waals surface area contributed by atoms with Crippen molar-refractivity contribution < 1.29 is 27.8 Å². The lowest BCUT2D eigenvalue weighted by atomic mass is 10.3. The van der Waals surface area contributed by atoms with Crippen LogP contribution in [0.1, 0.15) is 6.92 Å². The molecule has 0 heterocycles. The Labute approximate surface area is 91.1 Å². The van der Waals surface area contributed by atoms with Crippen molar-refractivity contribution in [3.05, 3.63) is 11.6 Å². The fourth-order valence-corrected chi connectivity index (χ4v) is 0.747. The first-order chi connectivity index (χ1) is 7.33. The number of alkyl halides is 3. The molecular weight excluding hydrogens is 227 g/mol. The van der Waals surface area contributed by atoms with E-state index in [0.717, 1.165) is 0 Å². The van der Waals surface area contributed by atoms with Gasteiger partial charge in [0.1, 0.15) is 6.61 Å². The van der Waals surface area contributed by atoms with E-state index in [9.17, 15) is 18.0 Å².